The van der Waals surface area contributed by atoms with Crippen molar-refractivity contribution in [3.8, 4) is 0 Å². The second-order valence-electron chi connectivity index (χ2n) is 4.97. The van der Waals surface area contributed by atoms with E-state index in [-0.39, 0.29) is 11.8 Å². The predicted molar refractivity (Wildman–Crippen MR) is 55.6 cm³/mol. The van der Waals surface area contributed by atoms with Crippen molar-refractivity contribution in [1.29, 1.82) is 0 Å². The SMILES string of the molecule is CC(C(=O)NCC1CC(N)C1)C1CC1. The first-order valence-electron chi connectivity index (χ1n) is 5.70. The minimum atomic E-state index is 0.226. The van der Waals surface area contributed by atoms with Crippen LogP contribution in [0.15, 0.2) is 0 Å². The number of hydrogen-bond donors (Lipinski definition) is 2. The van der Waals surface area contributed by atoms with Crippen molar-refractivity contribution < 1.29 is 4.79 Å². The molecule has 3 heteroatoms. The Hall–Kier alpha value is -0.570. The van der Waals surface area contributed by atoms with Crippen molar-refractivity contribution in [3.63, 3.8) is 0 Å². The highest BCUT2D eigenvalue weighted by Crippen LogP contribution is 2.36. The molecule has 0 aromatic carbocycles. The van der Waals surface area contributed by atoms with Crippen LogP contribution in [0.25, 0.3) is 0 Å². The van der Waals surface area contributed by atoms with Gasteiger partial charge in [-0.25, -0.2) is 0 Å². The Balaban J connectivity index is 1.62. The molecule has 2 aliphatic rings. The lowest BCUT2D eigenvalue weighted by molar-refractivity contribution is -0.125. The molecule has 0 heterocycles. The number of nitrogens with one attached hydrogen (secondary N) is 1. The minimum absolute atomic E-state index is 0.226. The van der Waals surface area contributed by atoms with Crippen LogP contribution < -0.4 is 11.1 Å². The number of nitrogens with two attached hydrogens (primary N) is 1. The third-order valence-corrected chi connectivity index (χ3v) is 3.58. The van der Waals surface area contributed by atoms with E-state index in [9.17, 15) is 4.79 Å². The normalized spacial score (nSPS) is 33.3. The third kappa shape index (κ3) is 2.27. The van der Waals surface area contributed by atoms with E-state index in [0.29, 0.717) is 17.9 Å². The van der Waals surface area contributed by atoms with E-state index < -0.39 is 0 Å². The summed E-state index contributed by atoms with van der Waals surface area (Å²) in [6.45, 7) is 2.88. The van der Waals surface area contributed by atoms with Gasteiger partial charge in [0.2, 0.25) is 5.91 Å². The fourth-order valence-corrected chi connectivity index (χ4v) is 2.17. The average molecular weight is 196 g/mol. The van der Waals surface area contributed by atoms with E-state index in [0.717, 1.165) is 19.4 Å². The van der Waals surface area contributed by atoms with Crippen molar-refractivity contribution in [2.45, 2.75) is 38.6 Å². The molecule has 0 aliphatic heterocycles. The van der Waals surface area contributed by atoms with Crippen molar-refractivity contribution in [2.75, 3.05) is 6.54 Å². The highest BCUT2D eigenvalue weighted by molar-refractivity contribution is 5.78. The van der Waals surface area contributed by atoms with Crippen LogP contribution in [-0.2, 0) is 4.79 Å². The maximum Gasteiger partial charge on any atom is 0.223 e. The maximum absolute atomic E-state index is 11.6. The molecule has 0 spiro atoms. The quantitative estimate of drug-likeness (QED) is 0.701. The van der Waals surface area contributed by atoms with Crippen molar-refractivity contribution in [1.82, 2.24) is 5.32 Å². The molecule has 14 heavy (non-hydrogen) atoms. The number of hydrogen-bond acceptors (Lipinski definition) is 2. The zero-order chi connectivity index (χ0) is 10.1. The molecule has 1 amide bonds. The summed E-state index contributed by atoms with van der Waals surface area (Å²) in [5.41, 5.74) is 5.68. The zero-order valence-electron chi connectivity index (χ0n) is 8.83. The Morgan fingerprint density at radius 1 is 1.50 bits per heavy atom. The summed E-state index contributed by atoms with van der Waals surface area (Å²) in [5, 5.41) is 3.03. The molecule has 1 unspecified atom stereocenters. The molecule has 0 aromatic rings. The summed E-state index contributed by atoms with van der Waals surface area (Å²) < 4.78 is 0. The van der Waals surface area contributed by atoms with Gasteiger partial charge < -0.3 is 11.1 Å². The molecule has 0 aromatic heterocycles. The highest BCUT2D eigenvalue weighted by atomic mass is 16.1. The van der Waals surface area contributed by atoms with Gasteiger partial charge in [-0.05, 0) is 37.5 Å². The molecule has 3 N–H and O–H groups in total. The molecule has 2 saturated carbocycles. The second kappa shape index (κ2) is 3.89. The van der Waals surface area contributed by atoms with Gasteiger partial charge in [-0.2, -0.15) is 0 Å². The second-order valence-corrected chi connectivity index (χ2v) is 4.97. The number of carbonyl (C=O) groups is 1. The van der Waals surface area contributed by atoms with Crippen molar-refractivity contribution in [3.05, 3.63) is 0 Å². The lowest BCUT2D eigenvalue weighted by Gasteiger charge is -2.32. The fourth-order valence-electron chi connectivity index (χ4n) is 2.17. The van der Waals surface area contributed by atoms with Crippen LogP contribution in [0.4, 0.5) is 0 Å². The molecular formula is C11H20N2O. The summed E-state index contributed by atoms with van der Waals surface area (Å²) in [7, 11) is 0. The zero-order valence-corrected chi connectivity index (χ0v) is 8.83. The number of amides is 1. The molecule has 0 radical (unpaired) electrons. The molecule has 0 saturated heterocycles. The van der Waals surface area contributed by atoms with E-state index in [1.54, 1.807) is 0 Å². The third-order valence-electron chi connectivity index (χ3n) is 3.58. The molecule has 3 nitrogen and oxygen atoms in total. The molecule has 80 valence electrons. The van der Waals surface area contributed by atoms with E-state index in [1.807, 2.05) is 6.92 Å². The molecule has 2 aliphatic carbocycles. The van der Waals surface area contributed by atoms with E-state index in [1.165, 1.54) is 12.8 Å². The molecule has 1 atom stereocenters. The van der Waals surface area contributed by atoms with Gasteiger partial charge in [-0.15, -0.1) is 0 Å². The van der Waals surface area contributed by atoms with Gasteiger partial charge in [0.15, 0.2) is 0 Å². The van der Waals surface area contributed by atoms with Crippen LogP contribution in [-0.4, -0.2) is 18.5 Å². The van der Waals surface area contributed by atoms with Crippen LogP contribution in [0.5, 0.6) is 0 Å². The van der Waals surface area contributed by atoms with E-state index >= 15 is 0 Å². The lowest BCUT2D eigenvalue weighted by atomic mass is 9.81. The molecule has 0 bridgehead atoms. The minimum Gasteiger partial charge on any atom is -0.356 e. The summed E-state index contributed by atoms with van der Waals surface area (Å²) >= 11 is 0. The van der Waals surface area contributed by atoms with E-state index in [4.69, 9.17) is 5.73 Å². The summed E-state index contributed by atoms with van der Waals surface area (Å²) in [4.78, 5) is 11.6. The smallest absolute Gasteiger partial charge is 0.223 e. The van der Waals surface area contributed by atoms with Gasteiger partial charge in [0, 0.05) is 18.5 Å². The highest BCUT2D eigenvalue weighted by Gasteiger charge is 2.33. The van der Waals surface area contributed by atoms with Crippen molar-refractivity contribution >= 4 is 5.91 Å². The summed E-state index contributed by atoms with van der Waals surface area (Å²) in [6.07, 6.45) is 4.64. The largest absolute Gasteiger partial charge is 0.356 e. The van der Waals surface area contributed by atoms with Gasteiger partial charge in [-0.1, -0.05) is 6.92 Å². The monoisotopic (exact) mass is 196 g/mol. The maximum atomic E-state index is 11.6. The van der Waals surface area contributed by atoms with Gasteiger partial charge in [0.05, 0.1) is 0 Å². The Labute approximate surface area is 85.4 Å². The van der Waals surface area contributed by atoms with Gasteiger partial charge >= 0.3 is 0 Å². The first-order valence-corrected chi connectivity index (χ1v) is 5.70. The Morgan fingerprint density at radius 2 is 2.14 bits per heavy atom. The predicted octanol–water partition coefficient (Wildman–Crippen LogP) is 0.886. The van der Waals surface area contributed by atoms with E-state index in [2.05, 4.69) is 5.32 Å². The Kier molecular flexibility index (Phi) is 2.77. The first kappa shape index (κ1) is 9.97. The van der Waals surface area contributed by atoms with Crippen molar-refractivity contribution in [2.24, 2.45) is 23.5 Å². The number of rotatable bonds is 4. The topological polar surface area (TPSA) is 55.1 Å². The van der Waals surface area contributed by atoms with Crippen LogP contribution in [0, 0.1) is 17.8 Å². The molecular weight excluding hydrogens is 176 g/mol. The lowest BCUT2D eigenvalue weighted by Crippen LogP contribution is -2.43. The standard InChI is InChI=1S/C11H20N2O/c1-7(9-2-3-9)11(14)13-6-8-4-10(12)5-8/h7-10H,2-6,12H2,1H3,(H,13,14). The van der Waals surface area contributed by atoms with Gasteiger partial charge in [0.1, 0.15) is 0 Å². The number of carbonyl (C=O) groups excluding carboxylic acids is 1. The Morgan fingerprint density at radius 3 is 2.64 bits per heavy atom. The van der Waals surface area contributed by atoms with Crippen LogP contribution in [0.1, 0.15) is 32.6 Å². The van der Waals surface area contributed by atoms with Gasteiger partial charge in [0.25, 0.3) is 0 Å². The first-order chi connectivity index (χ1) is 6.66. The summed E-state index contributed by atoms with van der Waals surface area (Å²) in [6, 6.07) is 0.387. The van der Waals surface area contributed by atoms with Gasteiger partial charge in [-0.3, -0.25) is 4.79 Å². The van der Waals surface area contributed by atoms with Crippen LogP contribution in [0.2, 0.25) is 0 Å². The average Bonchev–Trinajstić information content (AvgIpc) is 2.91. The van der Waals surface area contributed by atoms with Crippen LogP contribution in [0.3, 0.4) is 0 Å². The Bertz CT molecular complexity index is 219. The molecule has 2 fully saturated rings. The fraction of sp³-hybridized carbons (Fsp3) is 0.909. The van der Waals surface area contributed by atoms with Crippen LogP contribution >= 0.6 is 0 Å². The summed E-state index contributed by atoms with van der Waals surface area (Å²) in [5.74, 6) is 1.77. The molecule has 2 rings (SSSR count).